The van der Waals surface area contributed by atoms with Gasteiger partial charge in [0.2, 0.25) is 5.91 Å². The summed E-state index contributed by atoms with van der Waals surface area (Å²) in [5.41, 5.74) is 1.57. The number of aromatic nitrogens is 2. The van der Waals surface area contributed by atoms with Crippen molar-refractivity contribution in [2.75, 3.05) is 0 Å². The normalized spacial score (nSPS) is 16.2. The zero-order valence-electron chi connectivity index (χ0n) is 16.8. The number of fused-ring (bicyclic) bond motifs is 1. The molecule has 1 fully saturated rings. The van der Waals surface area contributed by atoms with Gasteiger partial charge in [-0.25, -0.2) is 4.98 Å². The largest absolute Gasteiger partial charge is 0.347 e. The summed E-state index contributed by atoms with van der Waals surface area (Å²) >= 11 is 1.48. The number of nitrogens with one attached hydrogen (secondary N) is 2. The highest BCUT2D eigenvalue weighted by Gasteiger charge is 2.42. The van der Waals surface area contributed by atoms with Gasteiger partial charge in [0.05, 0.1) is 10.4 Å². The Kier molecular flexibility index (Phi) is 5.41. The third-order valence-corrected chi connectivity index (χ3v) is 7.13. The molecule has 1 aliphatic rings. The Balaban J connectivity index is 1.42. The summed E-state index contributed by atoms with van der Waals surface area (Å²) in [6.07, 6.45) is 9.36. The molecule has 3 heterocycles. The first-order valence-electron chi connectivity index (χ1n) is 10.1. The lowest BCUT2D eigenvalue weighted by atomic mass is 9.75. The first-order chi connectivity index (χ1) is 14.0. The molecule has 0 unspecified atom stereocenters. The van der Waals surface area contributed by atoms with Crippen LogP contribution in [0.5, 0.6) is 0 Å². The minimum atomic E-state index is -0.296. The highest BCUT2D eigenvalue weighted by molar-refractivity contribution is 7.14. The number of amides is 2. The number of rotatable bonds is 7. The topological polar surface area (TPSA) is 75.5 Å². The predicted molar refractivity (Wildman–Crippen MR) is 114 cm³/mol. The Morgan fingerprint density at radius 3 is 2.83 bits per heavy atom. The van der Waals surface area contributed by atoms with Gasteiger partial charge in [0.15, 0.2) is 0 Å². The summed E-state index contributed by atoms with van der Waals surface area (Å²) in [7, 11) is 0. The van der Waals surface area contributed by atoms with Crippen LogP contribution in [0.25, 0.3) is 5.65 Å². The van der Waals surface area contributed by atoms with Crippen LogP contribution in [0.15, 0.2) is 42.9 Å². The van der Waals surface area contributed by atoms with Crippen LogP contribution in [0.1, 0.15) is 59.6 Å². The SMILES string of the molecule is CC[C@H](C)C(=O)NC1(c2ccc(C(=O)NCc3ccn4ccnc4c3)s2)CCC1. The molecule has 1 saturated carbocycles. The number of hydrogen-bond donors (Lipinski definition) is 2. The highest BCUT2D eigenvalue weighted by atomic mass is 32.1. The fraction of sp³-hybridized carbons (Fsp3) is 0.409. The Bertz CT molecular complexity index is 1030. The van der Waals surface area contributed by atoms with Gasteiger partial charge >= 0.3 is 0 Å². The maximum atomic E-state index is 12.6. The van der Waals surface area contributed by atoms with Gasteiger partial charge in [-0.05, 0) is 55.5 Å². The molecule has 0 radical (unpaired) electrons. The second-order valence-corrected chi connectivity index (χ2v) is 8.89. The van der Waals surface area contributed by atoms with Crippen LogP contribution in [0.2, 0.25) is 0 Å². The number of imidazole rings is 1. The van der Waals surface area contributed by atoms with E-state index in [9.17, 15) is 9.59 Å². The fourth-order valence-corrected chi connectivity index (χ4v) is 4.68. The number of carbonyl (C=O) groups excluding carboxylic acids is 2. The van der Waals surface area contributed by atoms with Gasteiger partial charge in [-0.3, -0.25) is 9.59 Å². The quantitative estimate of drug-likeness (QED) is 0.621. The Hall–Kier alpha value is -2.67. The molecule has 0 bridgehead atoms. The van der Waals surface area contributed by atoms with Crippen LogP contribution in [0.3, 0.4) is 0 Å². The maximum Gasteiger partial charge on any atom is 0.261 e. The molecule has 3 aromatic heterocycles. The van der Waals surface area contributed by atoms with Gasteiger partial charge in [0.25, 0.3) is 5.91 Å². The van der Waals surface area contributed by atoms with Crippen molar-refractivity contribution in [2.24, 2.45) is 5.92 Å². The zero-order chi connectivity index (χ0) is 20.4. The standard InChI is InChI=1S/C22H26N4O2S/c1-3-15(2)20(27)25-22(8-4-9-22)18-6-5-17(29-18)21(28)24-14-16-7-11-26-12-10-23-19(26)13-16/h5-7,10-13,15H,3-4,8-9,14H2,1-2H3,(H,24,28)(H,25,27)/t15-/m0/s1. The Morgan fingerprint density at radius 2 is 2.10 bits per heavy atom. The summed E-state index contributed by atoms with van der Waals surface area (Å²) < 4.78 is 1.93. The lowest BCUT2D eigenvalue weighted by Gasteiger charge is -2.42. The van der Waals surface area contributed by atoms with E-state index in [0.29, 0.717) is 11.4 Å². The molecule has 2 N–H and O–H groups in total. The van der Waals surface area contributed by atoms with Crippen molar-refractivity contribution in [3.05, 3.63) is 58.2 Å². The molecule has 29 heavy (non-hydrogen) atoms. The van der Waals surface area contributed by atoms with Crippen LogP contribution in [-0.4, -0.2) is 21.2 Å². The van der Waals surface area contributed by atoms with E-state index in [1.165, 1.54) is 11.3 Å². The predicted octanol–water partition coefficient (Wildman–Crippen LogP) is 3.87. The van der Waals surface area contributed by atoms with Crippen LogP contribution in [0, 0.1) is 5.92 Å². The van der Waals surface area contributed by atoms with E-state index >= 15 is 0 Å². The molecule has 152 valence electrons. The van der Waals surface area contributed by atoms with Crippen molar-refractivity contribution in [1.29, 1.82) is 0 Å². The molecule has 7 heteroatoms. The second kappa shape index (κ2) is 7.99. The average molecular weight is 411 g/mol. The molecule has 3 aromatic rings. The van der Waals surface area contributed by atoms with Crippen molar-refractivity contribution >= 4 is 28.8 Å². The van der Waals surface area contributed by atoms with E-state index in [-0.39, 0.29) is 23.3 Å². The molecular weight excluding hydrogens is 384 g/mol. The number of nitrogens with zero attached hydrogens (tertiary/aromatic N) is 2. The third kappa shape index (κ3) is 3.92. The Labute approximate surface area is 174 Å². The van der Waals surface area contributed by atoms with Crippen LogP contribution in [-0.2, 0) is 16.9 Å². The summed E-state index contributed by atoms with van der Waals surface area (Å²) in [6, 6.07) is 7.80. The van der Waals surface area contributed by atoms with Gasteiger partial charge in [-0.1, -0.05) is 13.8 Å². The van der Waals surface area contributed by atoms with Crippen molar-refractivity contribution in [3.63, 3.8) is 0 Å². The smallest absolute Gasteiger partial charge is 0.261 e. The first kappa shape index (κ1) is 19.6. The second-order valence-electron chi connectivity index (χ2n) is 7.81. The highest BCUT2D eigenvalue weighted by Crippen LogP contribution is 2.44. The number of thiophene rings is 1. The van der Waals surface area contributed by atoms with E-state index < -0.39 is 0 Å². The van der Waals surface area contributed by atoms with Gasteiger partial charge < -0.3 is 15.0 Å². The zero-order valence-corrected chi connectivity index (χ0v) is 17.6. The van der Waals surface area contributed by atoms with Gasteiger partial charge in [-0.15, -0.1) is 11.3 Å². The molecule has 0 aliphatic heterocycles. The summed E-state index contributed by atoms with van der Waals surface area (Å²) in [4.78, 5) is 31.1. The minimum Gasteiger partial charge on any atom is -0.347 e. The van der Waals surface area contributed by atoms with Crippen molar-refractivity contribution < 1.29 is 9.59 Å². The lowest BCUT2D eigenvalue weighted by molar-refractivity contribution is -0.127. The average Bonchev–Trinajstić information content (AvgIpc) is 3.37. The minimum absolute atomic E-state index is 0.00243. The number of hydrogen-bond acceptors (Lipinski definition) is 4. The first-order valence-corrected chi connectivity index (χ1v) is 10.9. The molecular formula is C22H26N4O2S. The van der Waals surface area contributed by atoms with Gasteiger partial charge in [0, 0.05) is 35.9 Å². The van der Waals surface area contributed by atoms with E-state index in [2.05, 4.69) is 15.6 Å². The van der Waals surface area contributed by atoms with E-state index in [0.717, 1.165) is 41.8 Å². The third-order valence-electron chi connectivity index (χ3n) is 5.85. The lowest BCUT2D eigenvalue weighted by Crippen LogP contribution is -2.51. The molecule has 4 rings (SSSR count). The summed E-state index contributed by atoms with van der Waals surface area (Å²) in [5.74, 6) is 0.0100. The van der Waals surface area contributed by atoms with Crippen molar-refractivity contribution in [1.82, 2.24) is 20.0 Å². The molecule has 1 atom stereocenters. The molecule has 0 aromatic carbocycles. The van der Waals surface area contributed by atoms with Crippen LogP contribution >= 0.6 is 11.3 Å². The van der Waals surface area contributed by atoms with Gasteiger partial charge in [0.1, 0.15) is 5.65 Å². The van der Waals surface area contributed by atoms with Gasteiger partial charge in [-0.2, -0.15) is 0 Å². The van der Waals surface area contributed by atoms with Crippen LogP contribution in [0.4, 0.5) is 0 Å². The monoisotopic (exact) mass is 410 g/mol. The van der Waals surface area contributed by atoms with Crippen LogP contribution < -0.4 is 10.6 Å². The van der Waals surface area contributed by atoms with Crippen molar-refractivity contribution in [2.45, 2.75) is 51.6 Å². The Morgan fingerprint density at radius 1 is 1.28 bits per heavy atom. The maximum absolute atomic E-state index is 12.6. The number of carbonyl (C=O) groups is 2. The summed E-state index contributed by atoms with van der Waals surface area (Å²) in [5, 5.41) is 6.24. The molecule has 1 aliphatic carbocycles. The molecule has 0 spiro atoms. The molecule has 2 amide bonds. The molecule has 0 saturated heterocycles. The van der Waals surface area contributed by atoms with E-state index in [1.807, 2.05) is 54.9 Å². The summed E-state index contributed by atoms with van der Waals surface area (Å²) in [6.45, 7) is 4.43. The van der Waals surface area contributed by atoms with E-state index in [1.54, 1.807) is 6.20 Å². The van der Waals surface area contributed by atoms with Crippen molar-refractivity contribution in [3.8, 4) is 0 Å². The number of pyridine rings is 1. The van der Waals surface area contributed by atoms with E-state index in [4.69, 9.17) is 0 Å². The fourth-order valence-electron chi connectivity index (χ4n) is 3.56. The molecule has 6 nitrogen and oxygen atoms in total.